The van der Waals surface area contributed by atoms with E-state index in [9.17, 15) is 9.59 Å². The molecule has 2 aromatic carbocycles. The van der Waals surface area contributed by atoms with Gasteiger partial charge in [0.05, 0.1) is 27.9 Å². The second-order valence-corrected chi connectivity index (χ2v) is 13.8. The quantitative estimate of drug-likeness (QED) is 0.193. The summed E-state index contributed by atoms with van der Waals surface area (Å²) < 4.78 is 13.0. The number of fused-ring (bicyclic) bond motifs is 1. The lowest BCUT2D eigenvalue weighted by Gasteiger charge is -2.36. The topological polar surface area (TPSA) is 76.0 Å². The number of hydrogen-bond acceptors (Lipinski definition) is 6. The SMILES string of the molecule is CCC(C)(C)CC(C)(C)NC(=O)OCn1c(=O)ccc2ccc(OCCCCN3CCN(c4cccc(Cl)c4Cl)CC3)cc21. The Balaban J connectivity index is 1.25. The highest BCUT2D eigenvalue weighted by molar-refractivity contribution is 6.43. The summed E-state index contributed by atoms with van der Waals surface area (Å²) in [5.74, 6) is 0.677. The molecule has 1 aliphatic heterocycles. The molecule has 1 saturated heterocycles. The van der Waals surface area contributed by atoms with Gasteiger partial charge in [-0.2, -0.15) is 0 Å². The Kier molecular flexibility index (Phi) is 11.5. The summed E-state index contributed by atoms with van der Waals surface area (Å²) in [5.41, 5.74) is 1.06. The molecule has 1 aliphatic rings. The van der Waals surface area contributed by atoms with Crippen LogP contribution in [0.15, 0.2) is 53.3 Å². The first-order valence-corrected chi connectivity index (χ1v) is 16.3. The molecule has 0 bridgehead atoms. The van der Waals surface area contributed by atoms with Gasteiger partial charge in [0.1, 0.15) is 5.75 Å². The van der Waals surface area contributed by atoms with Gasteiger partial charge in [-0.3, -0.25) is 14.3 Å². The molecule has 3 aromatic rings. The summed E-state index contributed by atoms with van der Waals surface area (Å²) in [6, 6.07) is 14.7. The van der Waals surface area contributed by atoms with Crippen LogP contribution in [0.5, 0.6) is 5.75 Å². The molecule has 240 valence electrons. The number of nitrogens with one attached hydrogen (secondary N) is 1. The molecular formula is C34H46Cl2N4O4. The monoisotopic (exact) mass is 644 g/mol. The smallest absolute Gasteiger partial charge is 0.409 e. The number of anilines is 1. The highest BCUT2D eigenvalue weighted by atomic mass is 35.5. The first-order chi connectivity index (χ1) is 20.9. The van der Waals surface area contributed by atoms with Crippen LogP contribution >= 0.6 is 23.2 Å². The maximum Gasteiger partial charge on any atom is 0.409 e. The van der Waals surface area contributed by atoms with Crippen LogP contribution in [0.3, 0.4) is 0 Å². The van der Waals surface area contributed by atoms with E-state index in [1.54, 1.807) is 6.07 Å². The van der Waals surface area contributed by atoms with Gasteiger partial charge in [0.2, 0.25) is 0 Å². The van der Waals surface area contributed by atoms with E-state index in [2.05, 4.69) is 35.9 Å². The summed E-state index contributed by atoms with van der Waals surface area (Å²) in [4.78, 5) is 30.2. The highest BCUT2D eigenvalue weighted by Crippen LogP contribution is 2.33. The molecular weight excluding hydrogens is 599 g/mol. The number of halogens is 2. The van der Waals surface area contributed by atoms with Crippen LogP contribution in [-0.4, -0.2) is 60.4 Å². The minimum Gasteiger partial charge on any atom is -0.494 e. The average molecular weight is 646 g/mol. The van der Waals surface area contributed by atoms with E-state index < -0.39 is 11.6 Å². The number of carbonyl (C=O) groups is 1. The first kappa shape index (κ1) is 33.9. The molecule has 2 heterocycles. The molecule has 44 heavy (non-hydrogen) atoms. The first-order valence-electron chi connectivity index (χ1n) is 15.5. The third kappa shape index (κ3) is 9.29. The number of ether oxygens (including phenoxy) is 2. The number of pyridine rings is 1. The summed E-state index contributed by atoms with van der Waals surface area (Å²) in [5, 5.41) is 5.03. The van der Waals surface area contributed by atoms with Crippen molar-refractivity contribution in [2.45, 2.75) is 72.6 Å². The number of piperazine rings is 1. The van der Waals surface area contributed by atoms with Gasteiger partial charge in [0, 0.05) is 43.9 Å². The van der Waals surface area contributed by atoms with E-state index in [1.165, 1.54) is 10.6 Å². The predicted octanol–water partition coefficient (Wildman–Crippen LogP) is 7.58. The Hall–Kier alpha value is -2.94. The number of carbonyl (C=O) groups excluding carboxylic acids is 1. The van der Waals surface area contributed by atoms with E-state index in [1.807, 2.05) is 50.2 Å². The maximum absolute atomic E-state index is 12.7. The van der Waals surface area contributed by atoms with E-state index in [0.29, 0.717) is 27.9 Å². The number of nitrogens with zero attached hydrogens (tertiary/aromatic N) is 3. The van der Waals surface area contributed by atoms with Gasteiger partial charge in [-0.1, -0.05) is 56.5 Å². The van der Waals surface area contributed by atoms with Crippen LogP contribution < -0.4 is 20.5 Å². The van der Waals surface area contributed by atoms with Crippen LogP contribution in [0.1, 0.15) is 60.3 Å². The van der Waals surface area contributed by atoms with Gasteiger partial charge in [0.25, 0.3) is 5.56 Å². The van der Waals surface area contributed by atoms with E-state index >= 15 is 0 Å². The molecule has 0 aliphatic carbocycles. The number of amides is 1. The predicted molar refractivity (Wildman–Crippen MR) is 180 cm³/mol. The fourth-order valence-corrected chi connectivity index (χ4v) is 6.28. The third-order valence-corrected chi connectivity index (χ3v) is 9.20. The Labute approximate surface area is 271 Å². The molecule has 0 saturated carbocycles. The molecule has 1 amide bonds. The Bertz CT molecular complexity index is 1480. The summed E-state index contributed by atoms with van der Waals surface area (Å²) in [6.07, 6.45) is 3.19. The van der Waals surface area contributed by atoms with Gasteiger partial charge in [0.15, 0.2) is 6.73 Å². The van der Waals surface area contributed by atoms with E-state index in [0.717, 1.165) is 69.5 Å². The van der Waals surface area contributed by atoms with Gasteiger partial charge < -0.3 is 19.7 Å². The number of rotatable bonds is 13. The van der Waals surface area contributed by atoms with Crippen molar-refractivity contribution < 1.29 is 14.3 Å². The lowest BCUT2D eigenvalue weighted by Crippen LogP contribution is -2.46. The fourth-order valence-electron chi connectivity index (χ4n) is 5.87. The second-order valence-electron chi connectivity index (χ2n) is 13.0. The summed E-state index contributed by atoms with van der Waals surface area (Å²) >= 11 is 12.6. The van der Waals surface area contributed by atoms with E-state index in [4.69, 9.17) is 32.7 Å². The molecule has 8 nitrogen and oxygen atoms in total. The Morgan fingerprint density at radius 3 is 2.43 bits per heavy atom. The third-order valence-electron chi connectivity index (χ3n) is 8.39. The number of benzene rings is 2. The van der Waals surface area contributed by atoms with Crippen molar-refractivity contribution in [1.82, 2.24) is 14.8 Å². The normalized spacial score (nSPS) is 14.6. The molecule has 0 atom stereocenters. The number of aromatic nitrogens is 1. The molecule has 0 radical (unpaired) electrons. The van der Waals surface area contributed by atoms with Crippen molar-refractivity contribution in [3.8, 4) is 5.75 Å². The van der Waals surface area contributed by atoms with Crippen LogP contribution in [0, 0.1) is 5.41 Å². The lowest BCUT2D eigenvalue weighted by atomic mass is 9.78. The minimum atomic E-state index is -0.548. The fraction of sp³-hybridized carbons (Fsp3) is 0.529. The minimum absolute atomic E-state index is 0.0860. The molecule has 0 unspecified atom stereocenters. The van der Waals surface area contributed by atoms with Gasteiger partial charge in [-0.25, -0.2) is 4.79 Å². The molecule has 4 rings (SSSR count). The van der Waals surface area contributed by atoms with Crippen molar-refractivity contribution in [1.29, 1.82) is 0 Å². The van der Waals surface area contributed by atoms with Gasteiger partial charge in [-0.15, -0.1) is 0 Å². The number of unbranched alkanes of at least 4 members (excludes halogenated alkanes) is 1. The Morgan fingerprint density at radius 2 is 1.70 bits per heavy atom. The number of alkyl carbamates (subject to hydrolysis) is 1. The van der Waals surface area contributed by atoms with Crippen molar-refractivity contribution in [2.24, 2.45) is 5.41 Å². The molecule has 1 N–H and O–H groups in total. The van der Waals surface area contributed by atoms with Crippen molar-refractivity contribution >= 4 is 45.9 Å². The van der Waals surface area contributed by atoms with Crippen LogP contribution in [0.2, 0.25) is 10.0 Å². The standard InChI is InChI=1S/C34H46Cl2N4O4/c1-6-33(2,3)23-34(4,5)37-32(42)44-24-40-29-22-26(14-12-25(29)13-15-30(40)41)43-21-8-7-16-38-17-19-39(20-18-38)28-11-9-10-27(35)31(28)36/h9-15,22H,6-8,16-21,23-24H2,1-5H3,(H,37,42). The maximum atomic E-state index is 12.7. The molecule has 0 spiro atoms. The largest absolute Gasteiger partial charge is 0.494 e. The summed E-state index contributed by atoms with van der Waals surface area (Å²) in [6.45, 7) is 15.6. The lowest BCUT2D eigenvalue weighted by molar-refractivity contribution is 0.0995. The van der Waals surface area contributed by atoms with Crippen LogP contribution in [-0.2, 0) is 11.5 Å². The molecule has 1 fully saturated rings. The highest BCUT2D eigenvalue weighted by Gasteiger charge is 2.29. The Morgan fingerprint density at radius 1 is 0.977 bits per heavy atom. The zero-order valence-electron chi connectivity index (χ0n) is 26.6. The zero-order valence-corrected chi connectivity index (χ0v) is 28.1. The zero-order chi connectivity index (χ0) is 31.9. The summed E-state index contributed by atoms with van der Waals surface area (Å²) in [7, 11) is 0. The van der Waals surface area contributed by atoms with E-state index in [-0.39, 0.29) is 17.7 Å². The van der Waals surface area contributed by atoms with Crippen LogP contribution in [0.25, 0.3) is 10.9 Å². The average Bonchev–Trinajstić information content (AvgIpc) is 2.97. The second kappa shape index (κ2) is 14.9. The van der Waals surface area contributed by atoms with Crippen molar-refractivity contribution in [3.63, 3.8) is 0 Å². The van der Waals surface area contributed by atoms with Gasteiger partial charge in [-0.05, 0) is 80.8 Å². The molecule has 10 heteroatoms. The van der Waals surface area contributed by atoms with Crippen molar-refractivity contribution in [2.75, 3.05) is 44.2 Å². The van der Waals surface area contributed by atoms with Gasteiger partial charge >= 0.3 is 6.09 Å². The van der Waals surface area contributed by atoms with Crippen molar-refractivity contribution in [3.05, 3.63) is 68.9 Å². The molecule has 1 aromatic heterocycles. The van der Waals surface area contributed by atoms with Crippen LogP contribution in [0.4, 0.5) is 10.5 Å². The number of hydrogen-bond donors (Lipinski definition) is 1.